The quantitative estimate of drug-likeness (QED) is 0.804. The van der Waals surface area contributed by atoms with Gasteiger partial charge in [-0.1, -0.05) is 0 Å². The van der Waals surface area contributed by atoms with Crippen LogP contribution in [0.5, 0.6) is 0 Å². The Morgan fingerprint density at radius 1 is 1.25 bits per heavy atom. The summed E-state index contributed by atoms with van der Waals surface area (Å²) >= 11 is 0. The van der Waals surface area contributed by atoms with Gasteiger partial charge in [0.15, 0.2) is 0 Å². The number of pyridine rings is 1. The summed E-state index contributed by atoms with van der Waals surface area (Å²) in [5.74, 6) is -0.141. The summed E-state index contributed by atoms with van der Waals surface area (Å²) in [4.78, 5) is 30.9. The molecule has 0 atom stereocenters. The second kappa shape index (κ2) is 7.46. The number of aromatic nitrogens is 1. The van der Waals surface area contributed by atoms with Crippen LogP contribution >= 0.6 is 0 Å². The van der Waals surface area contributed by atoms with E-state index in [0.717, 1.165) is 52.2 Å². The molecule has 132 valence electrons. The maximum Gasteiger partial charge on any atom is 0.252 e. The first-order valence-electron chi connectivity index (χ1n) is 8.57. The van der Waals surface area contributed by atoms with Crippen molar-refractivity contribution in [3.63, 3.8) is 0 Å². The largest absolute Gasteiger partial charge is 0.379 e. The fourth-order valence-electron chi connectivity index (χ4n) is 3.58. The molecule has 0 radical (unpaired) electrons. The third kappa shape index (κ3) is 3.85. The van der Waals surface area contributed by atoms with Crippen molar-refractivity contribution >= 4 is 5.91 Å². The summed E-state index contributed by atoms with van der Waals surface area (Å²) in [6.07, 6.45) is 3.54. The molecule has 24 heavy (non-hydrogen) atoms. The fourth-order valence-corrected chi connectivity index (χ4v) is 3.58. The fraction of sp³-hybridized carbons (Fsp3) is 0.647. The highest BCUT2D eigenvalue weighted by Crippen LogP contribution is 2.29. The van der Waals surface area contributed by atoms with Gasteiger partial charge < -0.3 is 19.9 Å². The van der Waals surface area contributed by atoms with Crippen LogP contribution in [0.15, 0.2) is 23.1 Å². The van der Waals surface area contributed by atoms with Crippen LogP contribution in [0.25, 0.3) is 0 Å². The molecule has 2 fully saturated rings. The molecule has 0 aliphatic carbocycles. The number of carbonyl (C=O) groups excluding carboxylic acids is 1. The van der Waals surface area contributed by atoms with Gasteiger partial charge in [-0.25, -0.2) is 0 Å². The van der Waals surface area contributed by atoms with Gasteiger partial charge in [0.2, 0.25) is 5.56 Å². The van der Waals surface area contributed by atoms with Crippen LogP contribution in [0.2, 0.25) is 0 Å². The Kier molecular flexibility index (Phi) is 5.33. The number of nitrogens with one attached hydrogen (secondary N) is 2. The van der Waals surface area contributed by atoms with Crippen molar-refractivity contribution in [2.75, 3.05) is 53.0 Å². The number of hydrogen-bond acceptors (Lipinski definition) is 5. The summed E-state index contributed by atoms with van der Waals surface area (Å²) in [5, 5.41) is 3.08. The zero-order chi connectivity index (χ0) is 17.0. The van der Waals surface area contributed by atoms with Crippen LogP contribution in [-0.4, -0.2) is 79.2 Å². The Bertz CT molecular complexity index is 596. The van der Waals surface area contributed by atoms with Gasteiger partial charge in [-0.05, 0) is 39.0 Å². The van der Waals surface area contributed by atoms with E-state index in [1.165, 1.54) is 12.3 Å². The van der Waals surface area contributed by atoms with E-state index in [1.54, 1.807) is 6.07 Å². The van der Waals surface area contributed by atoms with Crippen molar-refractivity contribution in [1.29, 1.82) is 0 Å². The summed E-state index contributed by atoms with van der Waals surface area (Å²) in [6, 6.07) is 2.94. The minimum atomic E-state index is -0.202. The number of carbonyl (C=O) groups is 1. The molecule has 0 spiro atoms. The van der Waals surface area contributed by atoms with E-state index >= 15 is 0 Å². The van der Waals surface area contributed by atoms with Crippen molar-refractivity contribution in [1.82, 2.24) is 20.1 Å². The zero-order valence-electron chi connectivity index (χ0n) is 14.2. The van der Waals surface area contributed by atoms with E-state index in [2.05, 4.69) is 27.1 Å². The highest BCUT2D eigenvalue weighted by molar-refractivity contribution is 5.93. The normalized spacial score (nSPS) is 22.2. The maximum absolute atomic E-state index is 12.4. The maximum atomic E-state index is 12.4. The minimum absolute atomic E-state index is 0.00581. The van der Waals surface area contributed by atoms with Crippen molar-refractivity contribution in [3.05, 3.63) is 34.2 Å². The Morgan fingerprint density at radius 3 is 2.58 bits per heavy atom. The molecule has 1 aromatic rings. The van der Waals surface area contributed by atoms with E-state index in [0.29, 0.717) is 12.1 Å². The summed E-state index contributed by atoms with van der Waals surface area (Å²) in [6.45, 7) is 6.03. The molecule has 3 rings (SSSR count). The molecule has 2 aliphatic rings. The van der Waals surface area contributed by atoms with Crippen molar-refractivity contribution < 1.29 is 9.53 Å². The lowest BCUT2D eigenvalue weighted by Gasteiger charge is -2.49. The summed E-state index contributed by atoms with van der Waals surface area (Å²) < 4.78 is 5.49. The Hall–Kier alpha value is -1.70. The Morgan fingerprint density at radius 2 is 1.96 bits per heavy atom. The monoisotopic (exact) mass is 334 g/mol. The molecule has 0 saturated carbocycles. The van der Waals surface area contributed by atoms with Gasteiger partial charge in [0, 0.05) is 37.4 Å². The molecule has 0 unspecified atom stereocenters. The molecular weight excluding hydrogens is 308 g/mol. The van der Waals surface area contributed by atoms with Crippen molar-refractivity contribution in [3.8, 4) is 0 Å². The number of aromatic amines is 1. The number of hydrogen-bond donors (Lipinski definition) is 2. The van der Waals surface area contributed by atoms with Gasteiger partial charge in [-0.3, -0.25) is 14.5 Å². The molecule has 3 heterocycles. The highest BCUT2D eigenvalue weighted by atomic mass is 16.5. The molecule has 2 saturated heterocycles. The van der Waals surface area contributed by atoms with Crippen molar-refractivity contribution in [2.45, 2.75) is 18.4 Å². The molecule has 7 nitrogen and oxygen atoms in total. The van der Waals surface area contributed by atoms with E-state index < -0.39 is 0 Å². The van der Waals surface area contributed by atoms with Crippen LogP contribution < -0.4 is 10.9 Å². The highest BCUT2D eigenvalue weighted by Gasteiger charge is 2.40. The number of morpholine rings is 1. The third-order valence-corrected chi connectivity index (χ3v) is 5.22. The van der Waals surface area contributed by atoms with E-state index in [1.807, 2.05) is 0 Å². The minimum Gasteiger partial charge on any atom is -0.379 e. The van der Waals surface area contributed by atoms with Gasteiger partial charge in [0.05, 0.1) is 18.8 Å². The lowest BCUT2D eigenvalue weighted by Crippen LogP contribution is -2.62. The number of amides is 1. The van der Waals surface area contributed by atoms with Crippen LogP contribution in [0, 0.1) is 0 Å². The van der Waals surface area contributed by atoms with Crippen LogP contribution in [0.3, 0.4) is 0 Å². The number of nitrogens with zero attached hydrogens (tertiary/aromatic N) is 2. The van der Waals surface area contributed by atoms with Crippen LogP contribution in [0.4, 0.5) is 0 Å². The first-order valence-corrected chi connectivity index (χ1v) is 8.57. The average molecular weight is 334 g/mol. The molecule has 1 amide bonds. The molecular formula is C17H26N4O3. The lowest BCUT2D eigenvalue weighted by molar-refractivity contribution is -0.0439. The van der Waals surface area contributed by atoms with E-state index in [9.17, 15) is 9.59 Å². The van der Waals surface area contributed by atoms with E-state index in [-0.39, 0.29) is 17.0 Å². The zero-order valence-corrected chi connectivity index (χ0v) is 14.2. The number of ether oxygens (including phenoxy) is 1. The number of likely N-dealkylation sites (tertiary alicyclic amines) is 1. The van der Waals surface area contributed by atoms with Gasteiger partial charge in [-0.15, -0.1) is 0 Å². The summed E-state index contributed by atoms with van der Waals surface area (Å²) in [5.41, 5.74) is 0.278. The van der Waals surface area contributed by atoms with Crippen LogP contribution in [-0.2, 0) is 4.74 Å². The number of H-pyrrole nitrogens is 1. The second-order valence-corrected chi connectivity index (χ2v) is 6.75. The van der Waals surface area contributed by atoms with Gasteiger partial charge in [0.1, 0.15) is 0 Å². The third-order valence-electron chi connectivity index (χ3n) is 5.22. The van der Waals surface area contributed by atoms with Crippen LogP contribution in [0.1, 0.15) is 23.2 Å². The standard InChI is InChI=1S/C17H26N4O3/c1-20-6-4-17(5-7-20,21-8-10-24-11-9-21)13-19-16(23)14-2-3-15(22)18-12-14/h2-3,12H,4-11,13H2,1H3,(H,18,22)(H,19,23). The first-order chi connectivity index (χ1) is 11.6. The van der Waals surface area contributed by atoms with Crippen molar-refractivity contribution in [2.24, 2.45) is 0 Å². The predicted octanol–water partition coefficient (Wildman–Crippen LogP) is -0.0987. The topological polar surface area (TPSA) is 77.7 Å². The Balaban J connectivity index is 1.68. The van der Waals surface area contributed by atoms with Gasteiger partial charge in [0.25, 0.3) is 5.91 Å². The van der Waals surface area contributed by atoms with Gasteiger partial charge >= 0.3 is 0 Å². The molecule has 1 aromatic heterocycles. The number of rotatable bonds is 4. The smallest absolute Gasteiger partial charge is 0.252 e. The molecule has 2 N–H and O–H groups in total. The second-order valence-electron chi connectivity index (χ2n) is 6.75. The average Bonchev–Trinajstić information content (AvgIpc) is 2.63. The SMILES string of the molecule is CN1CCC(CNC(=O)c2ccc(=O)[nH]c2)(N2CCOCC2)CC1. The molecule has 7 heteroatoms. The molecule has 0 bridgehead atoms. The van der Waals surface area contributed by atoms with Gasteiger partial charge in [-0.2, -0.15) is 0 Å². The predicted molar refractivity (Wildman–Crippen MR) is 91.2 cm³/mol. The Labute approximate surface area is 142 Å². The number of piperidine rings is 1. The summed E-state index contributed by atoms with van der Waals surface area (Å²) in [7, 11) is 2.14. The molecule has 0 aromatic carbocycles. The first kappa shape index (κ1) is 17.1. The molecule has 2 aliphatic heterocycles. The lowest BCUT2D eigenvalue weighted by atomic mass is 9.85. The van der Waals surface area contributed by atoms with E-state index in [4.69, 9.17) is 4.74 Å².